The molecule has 0 saturated carbocycles. The first kappa shape index (κ1) is 20.6. The second kappa shape index (κ2) is 9.04. The minimum atomic E-state index is 0.496. The molecular formula is C24H18N4OS3. The maximum Gasteiger partial charge on any atom is 0.175 e. The number of anilines is 2. The van der Waals surface area contributed by atoms with Gasteiger partial charge in [0.2, 0.25) is 0 Å². The number of thiocarbonyl (C=S) groups is 1. The van der Waals surface area contributed by atoms with Crippen LogP contribution in [0.2, 0.25) is 0 Å². The van der Waals surface area contributed by atoms with Crippen LogP contribution < -0.4 is 15.4 Å². The molecule has 5 nitrogen and oxygen atoms in total. The lowest BCUT2D eigenvalue weighted by Crippen LogP contribution is -2.19. The first-order chi connectivity index (χ1) is 15.7. The first-order valence-electron chi connectivity index (χ1n) is 9.81. The van der Waals surface area contributed by atoms with Gasteiger partial charge in [-0.05, 0) is 77.6 Å². The Morgan fingerprint density at radius 1 is 0.781 bits per heavy atom. The first-order valence-corrected chi connectivity index (χ1v) is 12.0. The average Bonchev–Trinajstić information content (AvgIpc) is 3.53. The molecule has 5 aromatic rings. The predicted octanol–water partition coefficient (Wildman–Crippen LogP) is 6.90. The van der Waals surface area contributed by atoms with Crippen molar-refractivity contribution in [1.82, 2.24) is 9.97 Å². The zero-order valence-corrected chi connectivity index (χ0v) is 19.5. The van der Waals surface area contributed by atoms with Crippen LogP contribution in [0, 0.1) is 0 Å². The quantitative estimate of drug-likeness (QED) is 0.270. The topological polar surface area (TPSA) is 59.1 Å². The van der Waals surface area contributed by atoms with E-state index in [4.69, 9.17) is 26.9 Å². The van der Waals surface area contributed by atoms with Crippen LogP contribution in [0.4, 0.5) is 11.4 Å². The Bertz CT molecular complexity index is 1360. The molecule has 0 amide bonds. The summed E-state index contributed by atoms with van der Waals surface area (Å²) in [5.41, 5.74) is 5.18. The van der Waals surface area contributed by atoms with Gasteiger partial charge in [0.25, 0.3) is 0 Å². The third-order valence-electron chi connectivity index (χ3n) is 4.78. The van der Waals surface area contributed by atoms with Crippen molar-refractivity contribution in [3.05, 3.63) is 77.5 Å². The maximum absolute atomic E-state index is 5.48. The van der Waals surface area contributed by atoms with Crippen LogP contribution in [0.5, 0.6) is 5.75 Å². The number of benzene rings is 2. The van der Waals surface area contributed by atoms with Gasteiger partial charge in [0.1, 0.15) is 17.1 Å². The SMILES string of the molecule is COc1ccc(NC(=S)Nc2ccc3nc(-c4cccs4)c(-c4cccs4)nc3c2)cc1. The van der Waals surface area contributed by atoms with Gasteiger partial charge >= 0.3 is 0 Å². The summed E-state index contributed by atoms with van der Waals surface area (Å²) in [6.07, 6.45) is 0. The molecule has 0 aliphatic heterocycles. The molecule has 0 aliphatic carbocycles. The number of nitrogens with zero attached hydrogens (tertiary/aromatic N) is 2. The summed E-state index contributed by atoms with van der Waals surface area (Å²) in [4.78, 5) is 12.1. The highest BCUT2D eigenvalue weighted by molar-refractivity contribution is 7.80. The Morgan fingerprint density at radius 3 is 1.97 bits per heavy atom. The van der Waals surface area contributed by atoms with Crippen LogP contribution in [0.15, 0.2) is 77.5 Å². The molecule has 2 aromatic carbocycles. The molecule has 8 heteroatoms. The Balaban J connectivity index is 1.44. The normalized spacial score (nSPS) is 10.8. The van der Waals surface area contributed by atoms with Crippen molar-refractivity contribution in [2.45, 2.75) is 0 Å². The molecule has 3 heterocycles. The minimum absolute atomic E-state index is 0.496. The molecule has 0 saturated heterocycles. The number of hydrogen-bond acceptors (Lipinski definition) is 6. The van der Waals surface area contributed by atoms with Gasteiger partial charge in [-0.2, -0.15) is 0 Å². The third kappa shape index (κ3) is 4.34. The highest BCUT2D eigenvalue weighted by Crippen LogP contribution is 2.35. The summed E-state index contributed by atoms with van der Waals surface area (Å²) >= 11 is 8.81. The van der Waals surface area contributed by atoms with E-state index < -0.39 is 0 Å². The van der Waals surface area contributed by atoms with Crippen LogP contribution in [-0.2, 0) is 0 Å². The molecule has 158 valence electrons. The van der Waals surface area contributed by atoms with Crippen LogP contribution in [0.3, 0.4) is 0 Å². The Hall–Kier alpha value is -3.33. The van der Waals surface area contributed by atoms with Crippen molar-refractivity contribution in [3.63, 3.8) is 0 Å². The summed E-state index contributed by atoms with van der Waals surface area (Å²) in [7, 11) is 1.64. The monoisotopic (exact) mass is 474 g/mol. The Labute approximate surface area is 198 Å². The third-order valence-corrected chi connectivity index (χ3v) is 6.74. The fourth-order valence-corrected chi connectivity index (χ4v) is 4.94. The van der Waals surface area contributed by atoms with Crippen LogP contribution in [-0.4, -0.2) is 22.2 Å². The van der Waals surface area contributed by atoms with E-state index in [1.165, 1.54) is 0 Å². The van der Waals surface area contributed by atoms with Crippen LogP contribution in [0.1, 0.15) is 0 Å². The molecule has 0 atom stereocenters. The molecule has 0 bridgehead atoms. The molecule has 0 aliphatic rings. The minimum Gasteiger partial charge on any atom is -0.497 e. The standard InChI is InChI=1S/C24H18N4OS3/c1-29-17-9-6-15(7-10-17)25-24(30)26-16-8-11-18-19(14-16)28-23(21-5-3-13-32-21)22(27-18)20-4-2-12-31-20/h2-14H,1H3,(H2,25,26,30). The second-order valence-corrected chi connectivity index (χ2v) is 9.19. The Morgan fingerprint density at radius 2 is 1.38 bits per heavy atom. The van der Waals surface area contributed by atoms with Crippen molar-refractivity contribution in [1.29, 1.82) is 0 Å². The lowest BCUT2D eigenvalue weighted by molar-refractivity contribution is 0.415. The summed E-state index contributed by atoms with van der Waals surface area (Å²) < 4.78 is 5.19. The summed E-state index contributed by atoms with van der Waals surface area (Å²) in [5, 5.41) is 11.0. The van der Waals surface area contributed by atoms with E-state index in [1.807, 2.05) is 54.6 Å². The molecule has 2 N–H and O–H groups in total. The van der Waals surface area contributed by atoms with Crippen molar-refractivity contribution < 1.29 is 4.74 Å². The average molecular weight is 475 g/mol. The Kier molecular flexibility index (Phi) is 5.81. The van der Waals surface area contributed by atoms with E-state index in [9.17, 15) is 0 Å². The number of aromatic nitrogens is 2. The molecule has 0 spiro atoms. The van der Waals surface area contributed by atoms with Crippen molar-refractivity contribution in [2.75, 3.05) is 17.7 Å². The van der Waals surface area contributed by atoms with Crippen molar-refractivity contribution in [2.24, 2.45) is 0 Å². The second-order valence-electron chi connectivity index (χ2n) is 6.89. The van der Waals surface area contributed by atoms with E-state index in [1.54, 1.807) is 29.8 Å². The van der Waals surface area contributed by atoms with Gasteiger partial charge in [-0.25, -0.2) is 9.97 Å². The number of nitrogens with one attached hydrogen (secondary N) is 2. The lowest BCUT2D eigenvalue weighted by Gasteiger charge is -2.12. The van der Waals surface area contributed by atoms with E-state index >= 15 is 0 Å². The highest BCUT2D eigenvalue weighted by Gasteiger charge is 2.15. The predicted molar refractivity (Wildman–Crippen MR) is 139 cm³/mol. The summed E-state index contributed by atoms with van der Waals surface area (Å²) in [6.45, 7) is 0. The fourth-order valence-electron chi connectivity index (χ4n) is 3.27. The molecule has 0 radical (unpaired) electrons. The zero-order chi connectivity index (χ0) is 21.9. The number of hydrogen-bond donors (Lipinski definition) is 2. The highest BCUT2D eigenvalue weighted by atomic mass is 32.1. The van der Waals surface area contributed by atoms with Gasteiger partial charge in [-0.1, -0.05) is 12.1 Å². The molecule has 3 aromatic heterocycles. The van der Waals surface area contributed by atoms with E-state index in [0.29, 0.717) is 5.11 Å². The molecule has 0 unspecified atom stereocenters. The van der Waals surface area contributed by atoms with Gasteiger partial charge < -0.3 is 15.4 Å². The smallest absolute Gasteiger partial charge is 0.175 e. The van der Waals surface area contributed by atoms with Gasteiger partial charge in [-0.3, -0.25) is 0 Å². The van der Waals surface area contributed by atoms with Gasteiger partial charge in [0, 0.05) is 11.4 Å². The number of fused-ring (bicyclic) bond motifs is 1. The van der Waals surface area contributed by atoms with E-state index in [2.05, 4.69) is 33.5 Å². The van der Waals surface area contributed by atoms with E-state index in [0.717, 1.165) is 49.3 Å². The maximum atomic E-state index is 5.48. The summed E-state index contributed by atoms with van der Waals surface area (Å²) in [6, 6.07) is 21.7. The largest absolute Gasteiger partial charge is 0.497 e. The van der Waals surface area contributed by atoms with Crippen molar-refractivity contribution in [3.8, 4) is 26.9 Å². The molecule has 5 rings (SSSR count). The number of methoxy groups -OCH3 is 1. The number of ether oxygens (including phenoxy) is 1. The van der Waals surface area contributed by atoms with Gasteiger partial charge in [0.05, 0.1) is 27.9 Å². The van der Waals surface area contributed by atoms with E-state index in [-0.39, 0.29) is 0 Å². The fraction of sp³-hybridized carbons (Fsp3) is 0.0417. The number of rotatable bonds is 5. The molecule has 0 fully saturated rings. The molecule has 32 heavy (non-hydrogen) atoms. The summed E-state index contributed by atoms with van der Waals surface area (Å²) in [5.74, 6) is 0.797. The van der Waals surface area contributed by atoms with Gasteiger partial charge in [0.15, 0.2) is 5.11 Å². The van der Waals surface area contributed by atoms with Crippen molar-refractivity contribution >= 4 is 62.4 Å². The number of thiophene rings is 2. The lowest BCUT2D eigenvalue weighted by atomic mass is 10.2. The van der Waals surface area contributed by atoms with Crippen LogP contribution >= 0.6 is 34.9 Å². The van der Waals surface area contributed by atoms with Gasteiger partial charge in [-0.15, -0.1) is 22.7 Å². The zero-order valence-electron chi connectivity index (χ0n) is 17.0. The molecular weight excluding hydrogens is 456 g/mol. The van der Waals surface area contributed by atoms with Crippen LogP contribution in [0.25, 0.3) is 32.2 Å².